The number of thiol groups is 1. The van der Waals surface area contributed by atoms with Crippen molar-refractivity contribution in [2.24, 2.45) is 0 Å². The smallest absolute Gasteiger partial charge is 0.0698 e. The summed E-state index contributed by atoms with van der Waals surface area (Å²) in [5.41, 5.74) is 0. The van der Waals surface area contributed by atoms with Crippen molar-refractivity contribution in [1.29, 1.82) is 0 Å². The van der Waals surface area contributed by atoms with E-state index in [0.29, 0.717) is 18.5 Å². The van der Waals surface area contributed by atoms with Crippen molar-refractivity contribution >= 4 is 12.6 Å². The van der Waals surface area contributed by atoms with Crippen LogP contribution in [-0.4, -0.2) is 30.2 Å². The second-order valence-electron chi connectivity index (χ2n) is 2.59. The Hall–Kier alpha value is 0.270. The normalized spacial score (nSPS) is 13.4. The first-order chi connectivity index (χ1) is 5.31. The van der Waals surface area contributed by atoms with Crippen molar-refractivity contribution in [3.05, 3.63) is 0 Å². The molecule has 3 heteroatoms. The van der Waals surface area contributed by atoms with Crippen LogP contribution in [0, 0.1) is 0 Å². The van der Waals surface area contributed by atoms with Gasteiger partial charge in [-0.05, 0) is 6.42 Å². The fourth-order valence-electron chi connectivity index (χ4n) is 0.807. The Morgan fingerprint density at radius 2 is 2.27 bits per heavy atom. The van der Waals surface area contributed by atoms with Gasteiger partial charge in [0.1, 0.15) is 0 Å². The topological polar surface area (TPSA) is 29.5 Å². The summed E-state index contributed by atoms with van der Waals surface area (Å²) < 4.78 is 5.12. The van der Waals surface area contributed by atoms with Crippen molar-refractivity contribution < 1.29 is 9.84 Å². The molecule has 0 saturated heterocycles. The Balaban J connectivity index is 3.02. The molecule has 0 radical (unpaired) electrons. The molecule has 0 aliphatic heterocycles. The quantitative estimate of drug-likeness (QED) is 0.457. The van der Waals surface area contributed by atoms with E-state index in [9.17, 15) is 0 Å². The highest BCUT2D eigenvalue weighted by Gasteiger charge is 2.00. The van der Waals surface area contributed by atoms with Crippen LogP contribution >= 0.6 is 12.6 Å². The molecule has 0 amide bonds. The lowest BCUT2D eigenvalue weighted by Crippen LogP contribution is -2.11. The highest BCUT2D eigenvalue weighted by atomic mass is 32.1. The van der Waals surface area contributed by atoms with Crippen LogP contribution < -0.4 is 0 Å². The molecule has 0 aliphatic carbocycles. The highest BCUT2D eigenvalue weighted by Crippen LogP contribution is 2.06. The van der Waals surface area contributed by atoms with Crippen LogP contribution in [0.25, 0.3) is 0 Å². The lowest BCUT2D eigenvalue weighted by atomic mass is 10.2. The monoisotopic (exact) mass is 178 g/mol. The summed E-state index contributed by atoms with van der Waals surface area (Å²) in [5.74, 6) is 0. The molecule has 1 atom stereocenters. The second-order valence-corrected chi connectivity index (χ2v) is 3.32. The van der Waals surface area contributed by atoms with Gasteiger partial charge in [0.05, 0.1) is 19.8 Å². The number of aliphatic hydroxyl groups excluding tert-OH is 1. The summed E-state index contributed by atoms with van der Waals surface area (Å²) in [5, 5.41) is 8.74. The van der Waals surface area contributed by atoms with Crippen molar-refractivity contribution in [2.75, 3.05) is 19.8 Å². The molecule has 0 aromatic heterocycles. The highest BCUT2D eigenvalue weighted by molar-refractivity contribution is 7.81. The van der Waals surface area contributed by atoms with Gasteiger partial charge in [-0.2, -0.15) is 12.6 Å². The molecule has 0 rings (SSSR count). The third-order valence-corrected chi connectivity index (χ3v) is 1.84. The average molecular weight is 178 g/mol. The van der Waals surface area contributed by atoms with E-state index in [4.69, 9.17) is 9.84 Å². The Morgan fingerprint density at radius 3 is 2.82 bits per heavy atom. The number of hydrogen-bond donors (Lipinski definition) is 2. The number of aliphatic hydroxyl groups is 1. The first kappa shape index (κ1) is 11.3. The van der Waals surface area contributed by atoms with Gasteiger partial charge in [0.2, 0.25) is 0 Å². The molecule has 1 unspecified atom stereocenters. The third-order valence-electron chi connectivity index (χ3n) is 1.44. The molecule has 0 aromatic carbocycles. The molecule has 0 fully saturated rings. The number of ether oxygens (including phenoxy) is 1. The maximum absolute atomic E-state index is 8.41. The Kier molecular flexibility index (Phi) is 8.57. The number of unbranched alkanes of at least 4 members (excludes halogenated alkanes) is 1. The van der Waals surface area contributed by atoms with Gasteiger partial charge in [-0.3, -0.25) is 0 Å². The lowest BCUT2D eigenvalue weighted by molar-refractivity contribution is 0.0923. The minimum atomic E-state index is 0.105. The van der Waals surface area contributed by atoms with Gasteiger partial charge in [-0.25, -0.2) is 0 Å². The predicted octanol–water partition coefficient (Wildman–Crippen LogP) is 1.48. The minimum absolute atomic E-state index is 0.105. The Morgan fingerprint density at radius 1 is 1.55 bits per heavy atom. The fraction of sp³-hybridized carbons (Fsp3) is 1.00. The second kappa shape index (κ2) is 8.37. The number of rotatable bonds is 7. The van der Waals surface area contributed by atoms with Gasteiger partial charge >= 0.3 is 0 Å². The zero-order chi connectivity index (χ0) is 8.53. The zero-order valence-corrected chi connectivity index (χ0v) is 8.02. The molecule has 0 heterocycles. The van der Waals surface area contributed by atoms with Crippen LogP contribution in [0.5, 0.6) is 0 Å². The summed E-state index contributed by atoms with van der Waals surface area (Å²) in [6, 6.07) is 0. The van der Waals surface area contributed by atoms with Crippen LogP contribution in [0.4, 0.5) is 0 Å². The average Bonchev–Trinajstić information content (AvgIpc) is 2.01. The van der Waals surface area contributed by atoms with Gasteiger partial charge in [-0.1, -0.05) is 19.8 Å². The summed E-state index contributed by atoms with van der Waals surface area (Å²) in [4.78, 5) is 0. The van der Waals surface area contributed by atoms with Crippen LogP contribution in [-0.2, 0) is 4.74 Å². The van der Waals surface area contributed by atoms with E-state index < -0.39 is 0 Å². The van der Waals surface area contributed by atoms with Gasteiger partial charge in [0.15, 0.2) is 0 Å². The molecule has 2 nitrogen and oxygen atoms in total. The standard InChI is InChI=1S/C8H18O2S/c1-2-3-4-8(11)7-10-6-5-9/h8-9,11H,2-7H2,1H3. The molecular weight excluding hydrogens is 160 g/mol. The van der Waals surface area contributed by atoms with Crippen LogP contribution in [0.3, 0.4) is 0 Å². The minimum Gasteiger partial charge on any atom is -0.394 e. The van der Waals surface area contributed by atoms with Crippen LogP contribution in [0.2, 0.25) is 0 Å². The van der Waals surface area contributed by atoms with Gasteiger partial charge in [-0.15, -0.1) is 0 Å². The van der Waals surface area contributed by atoms with Crippen molar-refractivity contribution in [3.63, 3.8) is 0 Å². The van der Waals surface area contributed by atoms with Gasteiger partial charge in [0.25, 0.3) is 0 Å². The largest absolute Gasteiger partial charge is 0.394 e. The first-order valence-electron chi connectivity index (χ1n) is 4.18. The molecule has 0 aromatic rings. The maximum atomic E-state index is 8.41. The molecule has 0 bridgehead atoms. The summed E-state index contributed by atoms with van der Waals surface area (Å²) in [6.45, 7) is 3.36. The zero-order valence-electron chi connectivity index (χ0n) is 7.12. The molecule has 0 aliphatic rings. The lowest BCUT2D eigenvalue weighted by Gasteiger charge is -2.09. The van der Waals surface area contributed by atoms with E-state index in [-0.39, 0.29) is 6.61 Å². The maximum Gasteiger partial charge on any atom is 0.0698 e. The van der Waals surface area contributed by atoms with Crippen LogP contribution in [0.1, 0.15) is 26.2 Å². The third kappa shape index (κ3) is 8.17. The van der Waals surface area contributed by atoms with Crippen LogP contribution in [0.15, 0.2) is 0 Å². The Bertz CT molecular complexity index is 78.5. The summed E-state index contributed by atoms with van der Waals surface area (Å²) in [7, 11) is 0. The Labute approximate surface area is 74.4 Å². The van der Waals surface area contributed by atoms with E-state index in [1.165, 1.54) is 12.8 Å². The summed E-state index contributed by atoms with van der Waals surface area (Å²) in [6.07, 6.45) is 3.51. The van der Waals surface area contributed by atoms with Gasteiger partial charge < -0.3 is 9.84 Å². The van der Waals surface area contributed by atoms with E-state index >= 15 is 0 Å². The summed E-state index contributed by atoms with van der Waals surface area (Å²) >= 11 is 4.33. The van der Waals surface area contributed by atoms with E-state index in [1.807, 2.05) is 0 Å². The van der Waals surface area contributed by atoms with E-state index in [2.05, 4.69) is 19.6 Å². The van der Waals surface area contributed by atoms with E-state index in [1.54, 1.807) is 0 Å². The SMILES string of the molecule is CCCCC(S)COCCO. The first-order valence-corrected chi connectivity index (χ1v) is 4.69. The molecule has 11 heavy (non-hydrogen) atoms. The molecule has 0 saturated carbocycles. The molecule has 68 valence electrons. The van der Waals surface area contributed by atoms with Gasteiger partial charge in [0, 0.05) is 5.25 Å². The number of hydrogen-bond acceptors (Lipinski definition) is 3. The molecular formula is C8H18O2S. The van der Waals surface area contributed by atoms with Crippen molar-refractivity contribution in [1.82, 2.24) is 0 Å². The van der Waals surface area contributed by atoms with E-state index in [0.717, 1.165) is 6.42 Å². The molecule has 1 N–H and O–H groups in total. The fourth-order valence-corrected chi connectivity index (χ4v) is 1.09. The van der Waals surface area contributed by atoms with Crippen molar-refractivity contribution in [2.45, 2.75) is 31.4 Å². The van der Waals surface area contributed by atoms with Crippen molar-refractivity contribution in [3.8, 4) is 0 Å². The molecule has 0 spiro atoms. The predicted molar refractivity (Wildman–Crippen MR) is 50.2 cm³/mol.